The summed E-state index contributed by atoms with van der Waals surface area (Å²) in [4.78, 5) is 12.4. The van der Waals surface area contributed by atoms with E-state index in [4.69, 9.17) is 5.26 Å². The SMILES string of the molecule is CC(C)c1ccc(Sc2s[nH]c(=O)c2C#N)cc1. The van der Waals surface area contributed by atoms with Crippen molar-refractivity contribution >= 4 is 23.3 Å². The van der Waals surface area contributed by atoms with Crippen LogP contribution in [0.25, 0.3) is 0 Å². The average molecular weight is 276 g/mol. The van der Waals surface area contributed by atoms with Crippen molar-refractivity contribution in [3.05, 3.63) is 45.7 Å². The van der Waals surface area contributed by atoms with Crippen molar-refractivity contribution in [3.8, 4) is 6.07 Å². The fraction of sp³-hybridized carbons (Fsp3) is 0.231. The van der Waals surface area contributed by atoms with E-state index in [1.54, 1.807) is 0 Å². The average Bonchev–Trinajstić information content (AvgIpc) is 2.70. The van der Waals surface area contributed by atoms with Gasteiger partial charge in [-0.05, 0) is 23.6 Å². The zero-order valence-electron chi connectivity index (χ0n) is 10.1. The van der Waals surface area contributed by atoms with Crippen LogP contribution in [0.15, 0.2) is 38.2 Å². The first kappa shape index (κ1) is 12.9. The van der Waals surface area contributed by atoms with Crippen molar-refractivity contribution in [2.24, 2.45) is 0 Å². The van der Waals surface area contributed by atoms with Crippen molar-refractivity contribution in [1.82, 2.24) is 4.37 Å². The van der Waals surface area contributed by atoms with Gasteiger partial charge in [0.05, 0.1) is 0 Å². The number of aromatic amines is 1. The third-order valence-electron chi connectivity index (χ3n) is 2.54. The van der Waals surface area contributed by atoms with E-state index >= 15 is 0 Å². The molecule has 0 unspecified atom stereocenters. The molecule has 0 saturated heterocycles. The molecule has 2 rings (SSSR count). The van der Waals surface area contributed by atoms with Crippen LogP contribution in [-0.4, -0.2) is 4.37 Å². The second-order valence-corrected chi connectivity index (χ2v) is 6.29. The van der Waals surface area contributed by atoms with Gasteiger partial charge in [0.25, 0.3) is 5.56 Å². The zero-order valence-corrected chi connectivity index (χ0v) is 11.7. The molecule has 0 aliphatic carbocycles. The van der Waals surface area contributed by atoms with E-state index < -0.39 is 0 Å². The maximum atomic E-state index is 11.3. The van der Waals surface area contributed by atoms with Crippen LogP contribution in [0.1, 0.15) is 30.9 Å². The standard InChI is InChI=1S/C13H12N2OS2/c1-8(2)9-3-5-10(6-4-9)17-13-11(7-14)12(16)15-18-13/h3-6,8H,1-2H3,(H,15,16). The van der Waals surface area contributed by atoms with E-state index in [0.29, 0.717) is 5.92 Å². The van der Waals surface area contributed by atoms with Crippen molar-refractivity contribution in [3.63, 3.8) is 0 Å². The van der Waals surface area contributed by atoms with Gasteiger partial charge in [0.15, 0.2) is 0 Å². The molecule has 92 valence electrons. The smallest absolute Gasteiger partial charge is 0.276 e. The minimum atomic E-state index is -0.302. The van der Waals surface area contributed by atoms with Crippen LogP contribution in [0.2, 0.25) is 0 Å². The van der Waals surface area contributed by atoms with Gasteiger partial charge in [-0.15, -0.1) is 0 Å². The number of benzene rings is 1. The van der Waals surface area contributed by atoms with E-state index in [1.165, 1.54) is 28.9 Å². The summed E-state index contributed by atoms with van der Waals surface area (Å²) in [6.07, 6.45) is 0. The number of aromatic nitrogens is 1. The monoisotopic (exact) mass is 276 g/mol. The van der Waals surface area contributed by atoms with E-state index in [0.717, 1.165) is 9.10 Å². The Morgan fingerprint density at radius 1 is 1.33 bits per heavy atom. The lowest BCUT2D eigenvalue weighted by atomic mass is 10.0. The summed E-state index contributed by atoms with van der Waals surface area (Å²) >= 11 is 2.65. The molecule has 2 aromatic rings. The second-order valence-electron chi connectivity index (χ2n) is 4.13. The topological polar surface area (TPSA) is 56.6 Å². The van der Waals surface area contributed by atoms with Crippen LogP contribution in [0.4, 0.5) is 0 Å². The predicted octanol–water partition coefficient (Wildman–Crippen LogP) is 3.58. The Morgan fingerprint density at radius 3 is 2.56 bits per heavy atom. The van der Waals surface area contributed by atoms with Gasteiger partial charge in [-0.25, -0.2) is 0 Å². The lowest BCUT2D eigenvalue weighted by Crippen LogP contribution is -2.01. The predicted molar refractivity (Wildman–Crippen MR) is 74.3 cm³/mol. The Balaban J connectivity index is 2.24. The number of hydrogen-bond acceptors (Lipinski definition) is 4. The molecule has 3 nitrogen and oxygen atoms in total. The summed E-state index contributed by atoms with van der Waals surface area (Å²) in [5.41, 5.74) is 1.18. The molecule has 0 fully saturated rings. The number of hydrogen-bond donors (Lipinski definition) is 1. The van der Waals surface area contributed by atoms with Gasteiger partial charge in [0, 0.05) is 4.90 Å². The summed E-state index contributed by atoms with van der Waals surface area (Å²) in [7, 11) is 0. The normalized spacial score (nSPS) is 10.6. The number of rotatable bonds is 3. The maximum Gasteiger partial charge on any atom is 0.277 e. The Labute approximate surface area is 114 Å². The summed E-state index contributed by atoms with van der Waals surface area (Å²) in [5, 5.41) is 8.91. The minimum Gasteiger partial charge on any atom is -0.276 e. The molecule has 0 atom stereocenters. The third kappa shape index (κ3) is 2.66. The van der Waals surface area contributed by atoms with E-state index in [2.05, 4.69) is 30.4 Å². The number of nitrogens with zero attached hydrogens (tertiary/aromatic N) is 1. The summed E-state index contributed by atoms with van der Waals surface area (Å²) < 4.78 is 3.30. The Bertz CT molecular complexity index is 632. The molecule has 0 spiro atoms. The molecule has 0 bridgehead atoms. The first-order chi connectivity index (χ1) is 8.61. The first-order valence-corrected chi connectivity index (χ1v) is 7.14. The zero-order chi connectivity index (χ0) is 13.1. The molecule has 18 heavy (non-hydrogen) atoms. The highest BCUT2D eigenvalue weighted by Gasteiger charge is 2.11. The Kier molecular flexibility index (Phi) is 3.90. The molecule has 0 amide bonds. The maximum absolute atomic E-state index is 11.3. The van der Waals surface area contributed by atoms with Gasteiger partial charge < -0.3 is 0 Å². The van der Waals surface area contributed by atoms with Crippen LogP contribution in [0.5, 0.6) is 0 Å². The molecule has 0 aliphatic rings. The number of nitrogens with one attached hydrogen (secondary N) is 1. The second kappa shape index (κ2) is 5.42. The Morgan fingerprint density at radius 2 is 2.00 bits per heavy atom. The van der Waals surface area contributed by atoms with Crippen LogP contribution in [-0.2, 0) is 0 Å². The lowest BCUT2D eigenvalue weighted by Gasteiger charge is -2.05. The van der Waals surface area contributed by atoms with Gasteiger partial charge in [-0.1, -0.05) is 49.3 Å². The summed E-state index contributed by atoms with van der Waals surface area (Å²) in [6.45, 7) is 4.29. The molecule has 1 aromatic heterocycles. The van der Waals surface area contributed by atoms with Gasteiger partial charge >= 0.3 is 0 Å². The van der Waals surface area contributed by atoms with E-state index in [1.807, 2.05) is 18.2 Å². The summed E-state index contributed by atoms with van der Waals surface area (Å²) in [5.74, 6) is 0.502. The van der Waals surface area contributed by atoms with Gasteiger partial charge in [0.1, 0.15) is 15.8 Å². The largest absolute Gasteiger partial charge is 0.277 e. The van der Waals surface area contributed by atoms with Crippen LogP contribution in [0.3, 0.4) is 0 Å². The highest BCUT2D eigenvalue weighted by Crippen LogP contribution is 2.32. The van der Waals surface area contributed by atoms with Crippen molar-refractivity contribution in [2.45, 2.75) is 28.9 Å². The third-order valence-corrected chi connectivity index (χ3v) is 4.61. The molecule has 1 aromatic carbocycles. The highest BCUT2D eigenvalue weighted by atomic mass is 32.2. The number of H-pyrrole nitrogens is 1. The molecule has 0 radical (unpaired) electrons. The van der Waals surface area contributed by atoms with E-state index in [-0.39, 0.29) is 11.1 Å². The Hall–Kier alpha value is -1.51. The van der Waals surface area contributed by atoms with Gasteiger partial charge in [0.2, 0.25) is 0 Å². The first-order valence-electron chi connectivity index (χ1n) is 5.51. The minimum absolute atomic E-state index is 0.206. The van der Waals surface area contributed by atoms with Gasteiger partial charge in [-0.2, -0.15) is 5.26 Å². The van der Waals surface area contributed by atoms with Crippen LogP contribution in [0, 0.1) is 11.3 Å². The summed E-state index contributed by atoms with van der Waals surface area (Å²) in [6, 6.07) is 10.1. The van der Waals surface area contributed by atoms with Crippen LogP contribution < -0.4 is 5.56 Å². The van der Waals surface area contributed by atoms with Crippen molar-refractivity contribution in [1.29, 1.82) is 5.26 Å². The number of nitriles is 1. The van der Waals surface area contributed by atoms with Crippen molar-refractivity contribution < 1.29 is 0 Å². The molecule has 5 heteroatoms. The molecular weight excluding hydrogens is 264 g/mol. The molecule has 1 heterocycles. The van der Waals surface area contributed by atoms with Gasteiger partial charge in [-0.3, -0.25) is 9.17 Å². The molecule has 0 saturated carbocycles. The molecule has 1 N–H and O–H groups in total. The fourth-order valence-corrected chi connectivity index (χ4v) is 3.32. The molecule has 0 aliphatic heterocycles. The van der Waals surface area contributed by atoms with Crippen LogP contribution >= 0.6 is 23.3 Å². The fourth-order valence-electron chi connectivity index (χ4n) is 1.48. The van der Waals surface area contributed by atoms with E-state index in [9.17, 15) is 4.79 Å². The van der Waals surface area contributed by atoms with Crippen molar-refractivity contribution in [2.75, 3.05) is 0 Å². The quantitative estimate of drug-likeness (QED) is 0.932. The lowest BCUT2D eigenvalue weighted by molar-refractivity contribution is 0.865. The highest BCUT2D eigenvalue weighted by molar-refractivity contribution is 8.01. The molecular formula is C13H12N2OS2.